The fourth-order valence-electron chi connectivity index (χ4n) is 1.96. The summed E-state index contributed by atoms with van der Waals surface area (Å²) in [6, 6.07) is 0. The fraction of sp³-hybridized carbons (Fsp3) is 1.00. The lowest BCUT2D eigenvalue weighted by molar-refractivity contribution is -0.0579. The van der Waals surface area contributed by atoms with Gasteiger partial charge in [-0.25, -0.2) is 0 Å². The van der Waals surface area contributed by atoms with Crippen LogP contribution in [0.2, 0.25) is 0 Å². The second-order valence-corrected chi connectivity index (χ2v) is 3.77. The molecule has 2 nitrogen and oxygen atoms in total. The van der Waals surface area contributed by atoms with Gasteiger partial charge in [0.05, 0.1) is 12.2 Å². The zero-order valence-electron chi connectivity index (χ0n) is 7.47. The number of aliphatic hydroxyl groups is 1. The Morgan fingerprint density at radius 3 is 2.45 bits per heavy atom. The van der Waals surface area contributed by atoms with Gasteiger partial charge in [-0.3, -0.25) is 0 Å². The summed E-state index contributed by atoms with van der Waals surface area (Å²) in [4.78, 5) is 0. The third kappa shape index (κ3) is 2.17. The number of hydrogen-bond donors (Lipinski definition) is 1. The van der Waals surface area contributed by atoms with Crippen LogP contribution >= 0.6 is 0 Å². The topological polar surface area (TPSA) is 29.5 Å². The lowest BCUT2D eigenvalue weighted by Crippen LogP contribution is -2.37. The van der Waals surface area contributed by atoms with E-state index in [1.54, 1.807) is 7.11 Å². The van der Waals surface area contributed by atoms with E-state index >= 15 is 0 Å². The van der Waals surface area contributed by atoms with E-state index in [9.17, 15) is 5.11 Å². The van der Waals surface area contributed by atoms with E-state index in [4.69, 9.17) is 4.74 Å². The Balaban J connectivity index is 2.41. The minimum Gasteiger partial charge on any atom is -0.387 e. The van der Waals surface area contributed by atoms with Crippen molar-refractivity contribution < 1.29 is 9.84 Å². The molecule has 1 fully saturated rings. The first-order chi connectivity index (χ1) is 5.17. The van der Waals surface area contributed by atoms with Crippen molar-refractivity contribution in [2.45, 2.75) is 38.2 Å². The molecule has 66 valence electrons. The molecule has 0 spiro atoms. The van der Waals surface area contributed by atoms with Crippen LogP contribution in [-0.2, 0) is 4.74 Å². The summed E-state index contributed by atoms with van der Waals surface area (Å²) in [6.45, 7) is 2.35. The molecule has 1 atom stereocenters. The van der Waals surface area contributed by atoms with Gasteiger partial charge in [0, 0.05) is 7.11 Å². The minimum absolute atomic E-state index is 0.461. The molecule has 1 unspecified atom stereocenters. The van der Waals surface area contributed by atoms with E-state index in [2.05, 4.69) is 0 Å². The Morgan fingerprint density at radius 1 is 1.45 bits per heavy atom. The van der Waals surface area contributed by atoms with Gasteiger partial charge >= 0.3 is 0 Å². The molecular formula is C9H18O2. The zero-order valence-corrected chi connectivity index (χ0v) is 7.47. The molecule has 0 aliphatic heterocycles. The van der Waals surface area contributed by atoms with Crippen molar-refractivity contribution in [3.05, 3.63) is 0 Å². The highest BCUT2D eigenvalue weighted by Crippen LogP contribution is 2.33. The molecule has 1 N–H and O–H groups in total. The Kier molecular flexibility index (Phi) is 2.90. The predicted octanol–water partition coefficient (Wildman–Crippen LogP) is 1.57. The Morgan fingerprint density at radius 2 is 2.00 bits per heavy atom. The van der Waals surface area contributed by atoms with Gasteiger partial charge in [-0.15, -0.1) is 0 Å². The van der Waals surface area contributed by atoms with Crippen LogP contribution in [0.4, 0.5) is 0 Å². The minimum atomic E-state index is -0.592. The molecule has 0 aromatic heterocycles. The molecule has 11 heavy (non-hydrogen) atoms. The monoisotopic (exact) mass is 158 g/mol. The summed E-state index contributed by atoms with van der Waals surface area (Å²) in [5, 5.41) is 9.89. The molecule has 0 saturated heterocycles. The van der Waals surface area contributed by atoms with Crippen molar-refractivity contribution in [3.63, 3.8) is 0 Å². The maximum atomic E-state index is 9.89. The lowest BCUT2D eigenvalue weighted by Gasteiger charge is -2.28. The molecule has 1 aliphatic carbocycles. The number of methoxy groups -OCH3 is 1. The van der Waals surface area contributed by atoms with Gasteiger partial charge in [-0.05, 0) is 25.7 Å². The van der Waals surface area contributed by atoms with Crippen molar-refractivity contribution in [2.75, 3.05) is 13.7 Å². The van der Waals surface area contributed by atoms with Crippen molar-refractivity contribution in [1.29, 1.82) is 0 Å². The molecular weight excluding hydrogens is 140 g/mol. The molecule has 1 aliphatic rings. The highest BCUT2D eigenvalue weighted by Gasteiger charge is 2.33. The van der Waals surface area contributed by atoms with Crippen LogP contribution in [-0.4, -0.2) is 24.4 Å². The van der Waals surface area contributed by atoms with Crippen LogP contribution < -0.4 is 0 Å². The van der Waals surface area contributed by atoms with Gasteiger partial charge in [-0.2, -0.15) is 0 Å². The standard InChI is InChI=1S/C9H18O2/c1-9(10,7-11-2)8-5-3-4-6-8/h8,10H,3-7H2,1-2H3. The molecule has 0 amide bonds. The van der Waals surface area contributed by atoms with Gasteiger partial charge in [0.1, 0.15) is 0 Å². The second kappa shape index (κ2) is 3.55. The summed E-state index contributed by atoms with van der Waals surface area (Å²) >= 11 is 0. The van der Waals surface area contributed by atoms with Gasteiger partial charge in [0.2, 0.25) is 0 Å². The molecule has 0 radical (unpaired) electrons. The van der Waals surface area contributed by atoms with Crippen LogP contribution in [0.25, 0.3) is 0 Å². The third-order valence-corrected chi connectivity index (χ3v) is 2.67. The lowest BCUT2D eigenvalue weighted by atomic mass is 9.89. The molecule has 1 rings (SSSR count). The predicted molar refractivity (Wildman–Crippen MR) is 44.5 cm³/mol. The molecule has 1 saturated carbocycles. The van der Waals surface area contributed by atoms with E-state index in [0.717, 1.165) is 12.8 Å². The highest BCUT2D eigenvalue weighted by atomic mass is 16.5. The average molecular weight is 158 g/mol. The van der Waals surface area contributed by atoms with E-state index in [1.165, 1.54) is 12.8 Å². The van der Waals surface area contributed by atoms with Crippen molar-refractivity contribution in [3.8, 4) is 0 Å². The third-order valence-electron chi connectivity index (χ3n) is 2.67. The van der Waals surface area contributed by atoms with Crippen LogP contribution in [0.3, 0.4) is 0 Å². The molecule has 2 heteroatoms. The first kappa shape index (κ1) is 9.01. The maximum Gasteiger partial charge on any atom is 0.0879 e. The Bertz CT molecular complexity index is 115. The maximum absolute atomic E-state index is 9.89. The first-order valence-corrected chi connectivity index (χ1v) is 4.38. The Hall–Kier alpha value is -0.0800. The van der Waals surface area contributed by atoms with Crippen molar-refractivity contribution >= 4 is 0 Å². The summed E-state index contributed by atoms with van der Waals surface area (Å²) < 4.78 is 4.97. The summed E-state index contributed by atoms with van der Waals surface area (Å²) in [6.07, 6.45) is 4.86. The fourth-order valence-corrected chi connectivity index (χ4v) is 1.96. The van der Waals surface area contributed by atoms with E-state index in [1.807, 2.05) is 6.92 Å². The summed E-state index contributed by atoms with van der Waals surface area (Å²) in [5.41, 5.74) is -0.592. The SMILES string of the molecule is COCC(C)(O)C1CCCC1. The number of rotatable bonds is 3. The zero-order chi connectivity index (χ0) is 8.32. The van der Waals surface area contributed by atoms with Gasteiger partial charge in [0.15, 0.2) is 0 Å². The van der Waals surface area contributed by atoms with E-state index in [-0.39, 0.29) is 0 Å². The highest BCUT2D eigenvalue weighted by molar-refractivity contribution is 4.85. The summed E-state index contributed by atoms with van der Waals surface area (Å²) in [7, 11) is 1.64. The second-order valence-electron chi connectivity index (χ2n) is 3.77. The van der Waals surface area contributed by atoms with Crippen molar-refractivity contribution in [2.24, 2.45) is 5.92 Å². The Labute approximate surface area is 68.6 Å². The average Bonchev–Trinajstić information content (AvgIpc) is 2.37. The molecule has 0 bridgehead atoms. The van der Waals surface area contributed by atoms with Gasteiger partial charge < -0.3 is 9.84 Å². The molecule has 0 heterocycles. The van der Waals surface area contributed by atoms with Gasteiger partial charge in [0.25, 0.3) is 0 Å². The smallest absolute Gasteiger partial charge is 0.0879 e. The van der Waals surface area contributed by atoms with E-state index in [0.29, 0.717) is 12.5 Å². The summed E-state index contributed by atoms with van der Waals surface area (Å²) in [5.74, 6) is 0.461. The van der Waals surface area contributed by atoms with Crippen molar-refractivity contribution in [1.82, 2.24) is 0 Å². The number of ether oxygens (including phenoxy) is 1. The van der Waals surface area contributed by atoms with E-state index < -0.39 is 5.60 Å². The molecule has 0 aromatic rings. The van der Waals surface area contributed by atoms with Crippen LogP contribution in [0.5, 0.6) is 0 Å². The number of hydrogen-bond acceptors (Lipinski definition) is 2. The van der Waals surface area contributed by atoms with Crippen LogP contribution in [0, 0.1) is 5.92 Å². The molecule has 0 aromatic carbocycles. The quantitative estimate of drug-likeness (QED) is 0.675. The largest absolute Gasteiger partial charge is 0.387 e. The first-order valence-electron chi connectivity index (χ1n) is 4.38. The van der Waals surface area contributed by atoms with Gasteiger partial charge in [-0.1, -0.05) is 12.8 Å². The van der Waals surface area contributed by atoms with Crippen LogP contribution in [0.15, 0.2) is 0 Å². The van der Waals surface area contributed by atoms with Crippen LogP contribution in [0.1, 0.15) is 32.6 Å². The normalized spacial score (nSPS) is 25.4.